The number of methoxy groups -OCH3 is 1. The highest BCUT2D eigenvalue weighted by Crippen LogP contribution is 2.41. The Morgan fingerprint density at radius 2 is 1.95 bits per heavy atom. The first-order chi connectivity index (χ1) is 9.61. The van der Waals surface area contributed by atoms with Crippen LogP contribution in [0, 0.1) is 11.8 Å². The topological polar surface area (TPSA) is 38.3 Å². The molecule has 0 heterocycles. The van der Waals surface area contributed by atoms with Gasteiger partial charge in [0, 0.05) is 6.04 Å². The Labute approximate surface area is 121 Å². The summed E-state index contributed by atoms with van der Waals surface area (Å²) in [4.78, 5) is 12.0. The lowest BCUT2D eigenvalue weighted by Crippen LogP contribution is -2.41. The first-order valence-corrected chi connectivity index (χ1v) is 7.50. The maximum atomic E-state index is 12.0. The molecule has 1 N–H and O–H groups in total. The van der Waals surface area contributed by atoms with E-state index in [1.165, 1.54) is 25.5 Å². The van der Waals surface area contributed by atoms with Crippen molar-refractivity contribution in [3.05, 3.63) is 35.9 Å². The van der Waals surface area contributed by atoms with Crippen molar-refractivity contribution in [2.75, 3.05) is 7.11 Å². The summed E-state index contributed by atoms with van der Waals surface area (Å²) in [5.41, 5.74) is 1.27. The fraction of sp³-hybridized carbons (Fsp3) is 0.588. The zero-order chi connectivity index (χ0) is 14.5. The third-order valence-electron chi connectivity index (χ3n) is 3.83. The summed E-state index contributed by atoms with van der Waals surface area (Å²) in [5.74, 6) is 0.958. The minimum atomic E-state index is -0.217. The second kappa shape index (κ2) is 6.89. The van der Waals surface area contributed by atoms with Crippen LogP contribution in [0.2, 0.25) is 0 Å². The Morgan fingerprint density at radius 1 is 1.30 bits per heavy atom. The van der Waals surface area contributed by atoms with E-state index in [0.717, 1.165) is 6.42 Å². The third-order valence-corrected chi connectivity index (χ3v) is 3.83. The number of hydrogen-bond donors (Lipinski definition) is 1. The quantitative estimate of drug-likeness (QED) is 0.776. The predicted molar refractivity (Wildman–Crippen MR) is 80.3 cm³/mol. The van der Waals surface area contributed by atoms with Crippen molar-refractivity contribution in [2.24, 2.45) is 11.8 Å². The van der Waals surface area contributed by atoms with E-state index in [9.17, 15) is 4.79 Å². The van der Waals surface area contributed by atoms with E-state index in [0.29, 0.717) is 11.8 Å². The SMILES string of the molecule is COC(=O)C(CC(C)C)NC(c1ccccc1)C1CC1. The van der Waals surface area contributed by atoms with Gasteiger partial charge < -0.3 is 4.74 Å². The van der Waals surface area contributed by atoms with Crippen molar-refractivity contribution in [3.63, 3.8) is 0 Å². The molecule has 20 heavy (non-hydrogen) atoms. The monoisotopic (exact) mass is 275 g/mol. The van der Waals surface area contributed by atoms with E-state index in [2.05, 4.69) is 43.4 Å². The number of benzene rings is 1. The van der Waals surface area contributed by atoms with Crippen LogP contribution >= 0.6 is 0 Å². The van der Waals surface area contributed by atoms with E-state index in [4.69, 9.17) is 4.74 Å². The van der Waals surface area contributed by atoms with Crippen LogP contribution in [-0.2, 0) is 9.53 Å². The Morgan fingerprint density at radius 3 is 2.45 bits per heavy atom. The van der Waals surface area contributed by atoms with E-state index in [-0.39, 0.29) is 18.1 Å². The zero-order valence-electron chi connectivity index (χ0n) is 12.6. The molecule has 1 aliphatic carbocycles. The van der Waals surface area contributed by atoms with Gasteiger partial charge in [-0.2, -0.15) is 0 Å². The van der Waals surface area contributed by atoms with Gasteiger partial charge in [0.15, 0.2) is 0 Å². The van der Waals surface area contributed by atoms with Crippen LogP contribution in [-0.4, -0.2) is 19.1 Å². The molecule has 0 saturated heterocycles. The number of hydrogen-bond acceptors (Lipinski definition) is 3. The lowest BCUT2D eigenvalue weighted by molar-refractivity contribution is -0.143. The molecule has 0 bridgehead atoms. The van der Waals surface area contributed by atoms with Crippen LogP contribution in [0.3, 0.4) is 0 Å². The Hall–Kier alpha value is -1.35. The summed E-state index contributed by atoms with van der Waals surface area (Å²) in [7, 11) is 1.46. The largest absolute Gasteiger partial charge is 0.468 e. The summed E-state index contributed by atoms with van der Waals surface area (Å²) < 4.78 is 4.95. The van der Waals surface area contributed by atoms with E-state index in [1.807, 2.05) is 6.07 Å². The van der Waals surface area contributed by atoms with Gasteiger partial charge in [-0.3, -0.25) is 10.1 Å². The third kappa shape index (κ3) is 4.07. The number of carbonyl (C=O) groups is 1. The first-order valence-electron chi connectivity index (χ1n) is 7.50. The summed E-state index contributed by atoms with van der Waals surface area (Å²) in [5, 5.41) is 3.54. The van der Waals surface area contributed by atoms with Crippen LogP contribution in [0.25, 0.3) is 0 Å². The molecule has 0 aliphatic heterocycles. The fourth-order valence-electron chi connectivity index (χ4n) is 2.66. The van der Waals surface area contributed by atoms with Crippen LogP contribution < -0.4 is 5.32 Å². The van der Waals surface area contributed by atoms with Crippen molar-refractivity contribution >= 4 is 5.97 Å². The van der Waals surface area contributed by atoms with Crippen LogP contribution in [0.1, 0.15) is 44.7 Å². The molecule has 1 aliphatic rings. The maximum Gasteiger partial charge on any atom is 0.322 e. The number of esters is 1. The highest BCUT2D eigenvalue weighted by molar-refractivity contribution is 5.75. The first kappa shape index (κ1) is 15.0. The van der Waals surface area contributed by atoms with E-state index >= 15 is 0 Å². The molecule has 1 fully saturated rings. The van der Waals surface area contributed by atoms with Gasteiger partial charge in [-0.05, 0) is 36.7 Å². The van der Waals surface area contributed by atoms with Gasteiger partial charge in [-0.25, -0.2) is 0 Å². The lowest BCUT2D eigenvalue weighted by atomic mass is 9.98. The number of nitrogens with one attached hydrogen (secondary N) is 1. The molecule has 110 valence electrons. The highest BCUT2D eigenvalue weighted by atomic mass is 16.5. The second-order valence-electron chi connectivity index (χ2n) is 6.10. The second-order valence-corrected chi connectivity index (χ2v) is 6.10. The van der Waals surface area contributed by atoms with Crippen LogP contribution in [0.5, 0.6) is 0 Å². The fourth-order valence-corrected chi connectivity index (χ4v) is 2.66. The van der Waals surface area contributed by atoms with Crippen molar-refractivity contribution in [1.29, 1.82) is 0 Å². The Kier molecular flexibility index (Phi) is 5.18. The summed E-state index contributed by atoms with van der Waals surface area (Å²) >= 11 is 0. The molecular formula is C17H25NO2. The van der Waals surface area contributed by atoms with Crippen molar-refractivity contribution in [3.8, 4) is 0 Å². The minimum Gasteiger partial charge on any atom is -0.468 e. The molecule has 0 spiro atoms. The normalized spacial score (nSPS) is 17.8. The van der Waals surface area contributed by atoms with E-state index in [1.54, 1.807) is 0 Å². The van der Waals surface area contributed by atoms with Gasteiger partial charge >= 0.3 is 5.97 Å². The molecule has 3 heteroatoms. The number of ether oxygens (including phenoxy) is 1. The van der Waals surface area contributed by atoms with Crippen molar-refractivity contribution in [1.82, 2.24) is 5.32 Å². The van der Waals surface area contributed by atoms with Crippen molar-refractivity contribution in [2.45, 2.75) is 45.2 Å². The van der Waals surface area contributed by atoms with E-state index < -0.39 is 0 Å². The average molecular weight is 275 g/mol. The van der Waals surface area contributed by atoms with Gasteiger partial charge in [-0.15, -0.1) is 0 Å². The molecule has 2 atom stereocenters. The van der Waals surface area contributed by atoms with Crippen LogP contribution in [0.15, 0.2) is 30.3 Å². The lowest BCUT2D eigenvalue weighted by Gasteiger charge is -2.25. The number of carbonyl (C=O) groups excluding carboxylic acids is 1. The zero-order valence-corrected chi connectivity index (χ0v) is 12.6. The molecule has 2 rings (SSSR count). The summed E-state index contributed by atoms with van der Waals surface area (Å²) in [6, 6.07) is 10.5. The molecule has 3 nitrogen and oxygen atoms in total. The van der Waals surface area contributed by atoms with Gasteiger partial charge in [0.2, 0.25) is 0 Å². The maximum absolute atomic E-state index is 12.0. The Bertz CT molecular complexity index is 426. The molecular weight excluding hydrogens is 250 g/mol. The standard InChI is InChI=1S/C17H25NO2/c1-12(2)11-15(17(19)20-3)18-16(14-9-10-14)13-7-5-4-6-8-13/h4-8,12,14-16,18H,9-11H2,1-3H3. The molecule has 0 amide bonds. The molecule has 2 unspecified atom stereocenters. The van der Waals surface area contributed by atoms with Crippen LogP contribution in [0.4, 0.5) is 0 Å². The highest BCUT2D eigenvalue weighted by Gasteiger charge is 2.35. The molecule has 1 aromatic carbocycles. The van der Waals surface area contributed by atoms with Crippen molar-refractivity contribution < 1.29 is 9.53 Å². The molecule has 0 aromatic heterocycles. The molecule has 1 aromatic rings. The molecule has 1 saturated carbocycles. The summed E-state index contributed by atoms with van der Waals surface area (Å²) in [6.07, 6.45) is 3.28. The number of rotatable bonds is 7. The Balaban J connectivity index is 2.11. The molecule has 0 radical (unpaired) electrons. The predicted octanol–water partition coefficient (Wildman–Crippen LogP) is 3.32. The van der Waals surface area contributed by atoms with Gasteiger partial charge in [0.05, 0.1) is 7.11 Å². The minimum absolute atomic E-state index is 0.153. The van der Waals surface area contributed by atoms with Gasteiger partial charge in [0.1, 0.15) is 6.04 Å². The smallest absolute Gasteiger partial charge is 0.322 e. The van der Waals surface area contributed by atoms with Gasteiger partial charge in [-0.1, -0.05) is 44.2 Å². The summed E-state index contributed by atoms with van der Waals surface area (Å²) in [6.45, 7) is 4.26. The van der Waals surface area contributed by atoms with Gasteiger partial charge in [0.25, 0.3) is 0 Å². The average Bonchev–Trinajstić information content (AvgIpc) is 3.27.